The molecule has 4 heteroatoms. The van der Waals surface area contributed by atoms with Crippen LogP contribution >= 0.6 is 27.3 Å². The summed E-state index contributed by atoms with van der Waals surface area (Å²) in [6.07, 6.45) is 3.02. The minimum absolute atomic E-state index is 0.678. The number of nitrogens with zero attached hydrogens (tertiary/aromatic N) is 1. The van der Waals surface area contributed by atoms with Crippen molar-refractivity contribution in [2.45, 2.75) is 33.1 Å². The third kappa shape index (κ3) is 2.93. The quantitative estimate of drug-likeness (QED) is 0.908. The molecule has 18 heavy (non-hydrogen) atoms. The molecule has 0 spiro atoms. The first kappa shape index (κ1) is 13.6. The highest BCUT2D eigenvalue weighted by molar-refractivity contribution is 9.10. The largest absolute Gasteiger partial charge is 0.375 e. The Labute approximate surface area is 120 Å². The van der Waals surface area contributed by atoms with E-state index in [0.717, 1.165) is 25.0 Å². The van der Waals surface area contributed by atoms with Gasteiger partial charge in [-0.15, -0.1) is 11.3 Å². The predicted molar refractivity (Wildman–Crippen MR) is 82.2 cm³/mol. The second kappa shape index (κ2) is 5.85. The molecular formula is C14H17BrN2S. The second-order valence-corrected chi connectivity index (χ2v) is 6.30. The molecule has 0 radical (unpaired) electrons. The second-order valence-electron chi connectivity index (χ2n) is 4.40. The van der Waals surface area contributed by atoms with Crippen LogP contribution in [-0.2, 0) is 12.8 Å². The molecule has 1 aromatic heterocycles. The van der Waals surface area contributed by atoms with Crippen LogP contribution in [0.4, 0.5) is 5.13 Å². The third-order valence-electron chi connectivity index (χ3n) is 2.90. The summed E-state index contributed by atoms with van der Waals surface area (Å²) in [6, 6.07) is 6.36. The molecule has 0 saturated carbocycles. The van der Waals surface area contributed by atoms with Gasteiger partial charge >= 0.3 is 0 Å². The first-order valence-electron chi connectivity index (χ1n) is 6.09. The Morgan fingerprint density at radius 1 is 1.39 bits per heavy atom. The summed E-state index contributed by atoms with van der Waals surface area (Å²) < 4.78 is 1.19. The van der Waals surface area contributed by atoms with E-state index in [1.165, 1.54) is 20.5 Å². The van der Waals surface area contributed by atoms with E-state index in [0.29, 0.717) is 5.13 Å². The summed E-state index contributed by atoms with van der Waals surface area (Å²) in [5.41, 5.74) is 9.56. The van der Waals surface area contributed by atoms with Crippen LogP contribution in [0.15, 0.2) is 22.7 Å². The zero-order chi connectivity index (χ0) is 13.1. The lowest BCUT2D eigenvalue weighted by Crippen LogP contribution is -1.94. The number of nitrogen functional groups attached to an aromatic ring is 1. The van der Waals surface area contributed by atoms with E-state index >= 15 is 0 Å². The molecule has 1 aromatic carbocycles. The molecule has 0 aliphatic carbocycles. The number of hydrogen-bond donors (Lipinski definition) is 1. The highest BCUT2D eigenvalue weighted by atomic mass is 79.9. The summed E-state index contributed by atoms with van der Waals surface area (Å²) in [4.78, 5) is 5.72. The summed E-state index contributed by atoms with van der Waals surface area (Å²) in [7, 11) is 0. The number of anilines is 1. The van der Waals surface area contributed by atoms with Crippen LogP contribution in [0, 0.1) is 6.92 Å². The minimum atomic E-state index is 0.678. The van der Waals surface area contributed by atoms with Gasteiger partial charge in [-0.2, -0.15) is 0 Å². The van der Waals surface area contributed by atoms with Gasteiger partial charge in [-0.3, -0.25) is 0 Å². The van der Waals surface area contributed by atoms with E-state index in [1.807, 2.05) is 0 Å². The number of aromatic nitrogens is 1. The number of aryl methyl sites for hydroxylation is 2. The lowest BCUT2D eigenvalue weighted by molar-refractivity contribution is 0.879. The molecule has 0 unspecified atom stereocenters. The summed E-state index contributed by atoms with van der Waals surface area (Å²) >= 11 is 5.27. The number of halogens is 1. The molecule has 0 aliphatic heterocycles. The molecular weight excluding hydrogens is 308 g/mol. The van der Waals surface area contributed by atoms with Crippen LogP contribution in [-0.4, -0.2) is 4.98 Å². The fourth-order valence-corrected chi connectivity index (χ4v) is 3.30. The maximum absolute atomic E-state index is 5.83. The summed E-state index contributed by atoms with van der Waals surface area (Å²) in [5.74, 6) is 0. The van der Waals surface area contributed by atoms with Gasteiger partial charge in [-0.1, -0.05) is 47.5 Å². The average molecular weight is 325 g/mol. The fourth-order valence-electron chi connectivity index (χ4n) is 1.99. The Kier molecular flexibility index (Phi) is 4.40. The normalized spacial score (nSPS) is 10.8. The number of rotatable bonds is 4. The third-order valence-corrected chi connectivity index (χ3v) is 4.97. The van der Waals surface area contributed by atoms with Crippen molar-refractivity contribution in [2.24, 2.45) is 0 Å². The van der Waals surface area contributed by atoms with Crippen molar-refractivity contribution in [3.05, 3.63) is 44.4 Å². The lowest BCUT2D eigenvalue weighted by atomic mass is 10.1. The minimum Gasteiger partial charge on any atom is -0.375 e. The number of nitrogens with two attached hydrogens (primary N) is 1. The van der Waals surface area contributed by atoms with Crippen LogP contribution < -0.4 is 5.73 Å². The van der Waals surface area contributed by atoms with Crippen molar-refractivity contribution in [2.75, 3.05) is 5.73 Å². The first-order chi connectivity index (χ1) is 8.61. The van der Waals surface area contributed by atoms with E-state index < -0.39 is 0 Å². The van der Waals surface area contributed by atoms with Crippen molar-refractivity contribution < 1.29 is 0 Å². The number of thiazole rings is 1. The maximum Gasteiger partial charge on any atom is 0.180 e. The molecule has 0 aliphatic rings. The van der Waals surface area contributed by atoms with Crippen molar-refractivity contribution >= 4 is 32.4 Å². The Morgan fingerprint density at radius 2 is 2.17 bits per heavy atom. The molecule has 2 N–H and O–H groups in total. The highest BCUT2D eigenvalue weighted by Gasteiger charge is 2.11. The van der Waals surface area contributed by atoms with E-state index in [4.69, 9.17) is 5.73 Å². The molecule has 0 fully saturated rings. The van der Waals surface area contributed by atoms with Gasteiger partial charge in [0.15, 0.2) is 5.13 Å². The smallest absolute Gasteiger partial charge is 0.180 e. The van der Waals surface area contributed by atoms with Gasteiger partial charge in [-0.05, 0) is 24.5 Å². The van der Waals surface area contributed by atoms with Gasteiger partial charge in [0.25, 0.3) is 0 Å². The van der Waals surface area contributed by atoms with Gasteiger partial charge in [0.2, 0.25) is 0 Å². The monoisotopic (exact) mass is 324 g/mol. The summed E-state index contributed by atoms with van der Waals surface area (Å²) in [6.45, 7) is 4.28. The SMILES string of the molecule is CCCc1nc(N)sc1Cc1cccc(C)c1Br. The van der Waals surface area contributed by atoms with Gasteiger partial charge < -0.3 is 5.73 Å². The Morgan fingerprint density at radius 3 is 2.89 bits per heavy atom. The number of benzene rings is 1. The van der Waals surface area contributed by atoms with E-state index in [2.05, 4.69) is 53.0 Å². The van der Waals surface area contributed by atoms with Gasteiger partial charge in [0, 0.05) is 15.8 Å². The first-order valence-corrected chi connectivity index (χ1v) is 7.70. The zero-order valence-corrected chi connectivity index (χ0v) is 13.1. The van der Waals surface area contributed by atoms with Crippen LogP contribution in [0.25, 0.3) is 0 Å². The zero-order valence-electron chi connectivity index (χ0n) is 10.7. The van der Waals surface area contributed by atoms with Gasteiger partial charge in [-0.25, -0.2) is 4.98 Å². The molecule has 2 aromatic rings. The molecule has 0 bridgehead atoms. The molecule has 2 rings (SSSR count). The highest BCUT2D eigenvalue weighted by Crippen LogP contribution is 2.29. The number of hydrogen-bond acceptors (Lipinski definition) is 3. The van der Waals surface area contributed by atoms with Gasteiger partial charge in [0.1, 0.15) is 0 Å². The van der Waals surface area contributed by atoms with Crippen molar-refractivity contribution in [3.63, 3.8) is 0 Å². The lowest BCUT2D eigenvalue weighted by Gasteiger charge is -2.06. The fraction of sp³-hybridized carbons (Fsp3) is 0.357. The van der Waals surface area contributed by atoms with E-state index in [-0.39, 0.29) is 0 Å². The topological polar surface area (TPSA) is 38.9 Å². The Bertz CT molecular complexity index is 549. The summed E-state index contributed by atoms with van der Waals surface area (Å²) in [5, 5.41) is 0.678. The molecule has 2 nitrogen and oxygen atoms in total. The predicted octanol–water partition coefficient (Wildman–Crippen LogP) is 4.34. The van der Waals surface area contributed by atoms with Crippen LogP contribution in [0.2, 0.25) is 0 Å². The van der Waals surface area contributed by atoms with Gasteiger partial charge in [0.05, 0.1) is 5.69 Å². The Balaban J connectivity index is 2.30. The average Bonchev–Trinajstić information content (AvgIpc) is 2.66. The molecule has 1 heterocycles. The van der Waals surface area contributed by atoms with Crippen molar-refractivity contribution in [1.29, 1.82) is 0 Å². The van der Waals surface area contributed by atoms with Crippen LogP contribution in [0.3, 0.4) is 0 Å². The van der Waals surface area contributed by atoms with E-state index in [1.54, 1.807) is 11.3 Å². The molecule has 96 valence electrons. The maximum atomic E-state index is 5.83. The standard InChI is InChI=1S/C14H17BrN2S/c1-3-5-11-12(18-14(16)17-11)8-10-7-4-6-9(2)13(10)15/h4,6-7H,3,5,8H2,1-2H3,(H2,16,17). The van der Waals surface area contributed by atoms with Crippen molar-refractivity contribution in [1.82, 2.24) is 4.98 Å². The van der Waals surface area contributed by atoms with Crippen molar-refractivity contribution in [3.8, 4) is 0 Å². The van der Waals surface area contributed by atoms with E-state index in [9.17, 15) is 0 Å². The molecule has 0 atom stereocenters. The van der Waals surface area contributed by atoms with Crippen LogP contribution in [0.5, 0.6) is 0 Å². The molecule has 0 amide bonds. The van der Waals surface area contributed by atoms with Crippen LogP contribution in [0.1, 0.15) is 35.0 Å². The Hall–Kier alpha value is -0.870. The molecule has 0 saturated heterocycles.